The molecule has 0 aromatic rings. The highest BCUT2D eigenvalue weighted by Gasteiger charge is 2.29. The van der Waals surface area contributed by atoms with E-state index in [1.165, 1.54) is 4.31 Å². The highest BCUT2D eigenvalue weighted by atomic mass is 32.2. The van der Waals surface area contributed by atoms with Crippen molar-refractivity contribution in [1.29, 1.82) is 0 Å². The molecule has 1 rings (SSSR count). The third-order valence-electron chi connectivity index (χ3n) is 4.03. The summed E-state index contributed by atoms with van der Waals surface area (Å²) in [6, 6.07) is 0. The van der Waals surface area contributed by atoms with Crippen LogP contribution in [0.3, 0.4) is 0 Å². The second-order valence-electron chi connectivity index (χ2n) is 5.74. The zero-order valence-corrected chi connectivity index (χ0v) is 13.2. The molecule has 1 heterocycles. The molecule has 1 fully saturated rings. The quantitative estimate of drug-likeness (QED) is 0.803. The summed E-state index contributed by atoms with van der Waals surface area (Å²) in [7, 11) is -1.76. The fourth-order valence-electron chi connectivity index (χ4n) is 2.60. The van der Waals surface area contributed by atoms with Crippen LogP contribution < -0.4 is 0 Å². The first-order chi connectivity index (χ1) is 8.89. The molecule has 0 aliphatic carbocycles. The van der Waals surface area contributed by atoms with Gasteiger partial charge in [0, 0.05) is 33.3 Å². The van der Waals surface area contributed by atoms with Crippen LogP contribution in [-0.4, -0.2) is 55.4 Å². The van der Waals surface area contributed by atoms with Gasteiger partial charge in [-0.05, 0) is 37.5 Å². The zero-order valence-electron chi connectivity index (χ0n) is 12.4. The van der Waals surface area contributed by atoms with E-state index in [0.717, 1.165) is 19.3 Å². The lowest BCUT2D eigenvalue weighted by atomic mass is 9.89. The maximum atomic E-state index is 12.4. The van der Waals surface area contributed by atoms with Crippen LogP contribution in [0.25, 0.3) is 0 Å². The lowest BCUT2D eigenvalue weighted by Gasteiger charge is -2.26. The summed E-state index contributed by atoms with van der Waals surface area (Å²) in [6.45, 7) is 6.06. The molecule has 1 aliphatic rings. The maximum Gasteiger partial charge on any atom is 0.281 e. The molecule has 0 aromatic carbocycles. The maximum absolute atomic E-state index is 12.4. The van der Waals surface area contributed by atoms with E-state index in [-0.39, 0.29) is 6.61 Å². The first-order valence-corrected chi connectivity index (χ1v) is 8.61. The number of aliphatic hydroxyl groups is 1. The highest BCUT2D eigenvalue weighted by Crippen LogP contribution is 2.26. The molecular weight excluding hydrogens is 264 g/mol. The average Bonchev–Trinajstić information content (AvgIpc) is 2.61. The summed E-state index contributed by atoms with van der Waals surface area (Å²) in [6.07, 6.45) is 3.49. The van der Waals surface area contributed by atoms with Crippen LogP contribution in [0.4, 0.5) is 0 Å². The van der Waals surface area contributed by atoms with Crippen LogP contribution in [-0.2, 0) is 10.2 Å². The van der Waals surface area contributed by atoms with E-state index >= 15 is 0 Å². The molecule has 6 heteroatoms. The van der Waals surface area contributed by atoms with E-state index in [1.807, 2.05) is 0 Å². The monoisotopic (exact) mass is 292 g/mol. The van der Waals surface area contributed by atoms with Gasteiger partial charge < -0.3 is 5.11 Å². The summed E-state index contributed by atoms with van der Waals surface area (Å²) in [4.78, 5) is 0. The van der Waals surface area contributed by atoms with Crippen molar-refractivity contribution in [3.05, 3.63) is 0 Å². The molecule has 1 atom stereocenters. The molecule has 0 bridgehead atoms. The van der Waals surface area contributed by atoms with Crippen molar-refractivity contribution in [2.45, 2.75) is 39.5 Å². The minimum atomic E-state index is -3.35. The molecule has 19 heavy (non-hydrogen) atoms. The molecule has 0 saturated carbocycles. The molecule has 1 N–H and O–H groups in total. The van der Waals surface area contributed by atoms with Crippen molar-refractivity contribution in [1.82, 2.24) is 8.61 Å². The Labute approximate surface area is 117 Å². The van der Waals surface area contributed by atoms with E-state index in [0.29, 0.717) is 37.9 Å². The Morgan fingerprint density at radius 2 is 2.00 bits per heavy atom. The standard InChI is InChI=1S/C13H28N2O3S/c1-12(2)13-6-4-9-15(10-7-13)19(17,18)14(3)8-5-11-16/h12-13,16H,4-11H2,1-3H3. The summed E-state index contributed by atoms with van der Waals surface area (Å²) in [5, 5.41) is 8.80. The Bertz CT molecular complexity index is 357. The van der Waals surface area contributed by atoms with E-state index in [1.54, 1.807) is 11.4 Å². The van der Waals surface area contributed by atoms with Crippen LogP contribution in [0.2, 0.25) is 0 Å². The summed E-state index contributed by atoms with van der Waals surface area (Å²) in [5.74, 6) is 1.25. The first kappa shape index (κ1) is 16.9. The zero-order chi connectivity index (χ0) is 14.5. The molecule has 5 nitrogen and oxygen atoms in total. The van der Waals surface area contributed by atoms with Gasteiger partial charge in [0.2, 0.25) is 0 Å². The predicted octanol–water partition coefficient (Wildman–Crippen LogP) is 1.30. The summed E-state index contributed by atoms with van der Waals surface area (Å²) >= 11 is 0. The molecule has 0 aromatic heterocycles. The van der Waals surface area contributed by atoms with Gasteiger partial charge in [0.1, 0.15) is 0 Å². The fraction of sp³-hybridized carbons (Fsp3) is 1.00. The normalized spacial score (nSPS) is 22.9. The van der Waals surface area contributed by atoms with Crippen molar-refractivity contribution in [2.75, 3.05) is 33.3 Å². The van der Waals surface area contributed by atoms with E-state index in [9.17, 15) is 8.42 Å². The molecule has 0 radical (unpaired) electrons. The molecule has 0 spiro atoms. The Kier molecular flexibility index (Phi) is 6.73. The topological polar surface area (TPSA) is 60.9 Å². The molecule has 1 aliphatic heterocycles. The van der Waals surface area contributed by atoms with Crippen molar-refractivity contribution in [3.63, 3.8) is 0 Å². The van der Waals surface area contributed by atoms with Crippen molar-refractivity contribution < 1.29 is 13.5 Å². The van der Waals surface area contributed by atoms with Crippen LogP contribution in [0.15, 0.2) is 0 Å². The van der Waals surface area contributed by atoms with Gasteiger partial charge in [-0.25, -0.2) is 0 Å². The van der Waals surface area contributed by atoms with Gasteiger partial charge in [0.15, 0.2) is 0 Å². The van der Waals surface area contributed by atoms with Crippen LogP contribution in [0.1, 0.15) is 39.5 Å². The molecule has 0 amide bonds. The van der Waals surface area contributed by atoms with Gasteiger partial charge in [-0.2, -0.15) is 17.0 Å². The minimum absolute atomic E-state index is 0.0231. The summed E-state index contributed by atoms with van der Waals surface area (Å²) in [5.41, 5.74) is 0. The highest BCUT2D eigenvalue weighted by molar-refractivity contribution is 7.86. The van der Waals surface area contributed by atoms with Gasteiger partial charge in [0.05, 0.1) is 0 Å². The van der Waals surface area contributed by atoms with Crippen LogP contribution in [0.5, 0.6) is 0 Å². The van der Waals surface area contributed by atoms with Crippen LogP contribution in [0, 0.1) is 11.8 Å². The number of rotatable bonds is 6. The predicted molar refractivity (Wildman–Crippen MR) is 77.0 cm³/mol. The fourth-order valence-corrected chi connectivity index (χ4v) is 4.05. The van der Waals surface area contributed by atoms with E-state index < -0.39 is 10.2 Å². The Hall–Kier alpha value is -0.170. The largest absolute Gasteiger partial charge is 0.396 e. The number of hydrogen-bond donors (Lipinski definition) is 1. The van der Waals surface area contributed by atoms with Gasteiger partial charge in [0.25, 0.3) is 10.2 Å². The van der Waals surface area contributed by atoms with Crippen molar-refractivity contribution in [3.8, 4) is 0 Å². The third-order valence-corrected chi connectivity index (χ3v) is 6.01. The summed E-state index contributed by atoms with van der Waals surface area (Å²) < 4.78 is 27.7. The van der Waals surface area contributed by atoms with Gasteiger partial charge in [-0.3, -0.25) is 0 Å². The smallest absolute Gasteiger partial charge is 0.281 e. The molecule has 1 saturated heterocycles. The molecular formula is C13H28N2O3S. The Morgan fingerprint density at radius 3 is 2.58 bits per heavy atom. The van der Waals surface area contributed by atoms with Gasteiger partial charge in [-0.15, -0.1) is 0 Å². The Balaban J connectivity index is 2.63. The third kappa shape index (κ3) is 4.70. The second-order valence-corrected chi connectivity index (χ2v) is 7.78. The number of aliphatic hydroxyl groups excluding tert-OH is 1. The van der Waals surface area contributed by atoms with Crippen LogP contribution >= 0.6 is 0 Å². The average molecular weight is 292 g/mol. The van der Waals surface area contributed by atoms with Crippen molar-refractivity contribution >= 4 is 10.2 Å². The SMILES string of the molecule is CC(C)C1CCCN(S(=O)(=O)N(C)CCCO)CC1. The van der Waals surface area contributed by atoms with E-state index in [2.05, 4.69) is 13.8 Å². The number of hydrogen-bond acceptors (Lipinski definition) is 3. The van der Waals surface area contributed by atoms with E-state index in [4.69, 9.17) is 5.11 Å². The molecule has 114 valence electrons. The lowest BCUT2D eigenvalue weighted by molar-refractivity contribution is 0.270. The van der Waals surface area contributed by atoms with Gasteiger partial charge in [-0.1, -0.05) is 13.8 Å². The second kappa shape index (κ2) is 7.57. The van der Waals surface area contributed by atoms with Crippen molar-refractivity contribution in [2.24, 2.45) is 11.8 Å². The van der Waals surface area contributed by atoms with Gasteiger partial charge >= 0.3 is 0 Å². The molecule has 1 unspecified atom stereocenters. The number of nitrogens with zero attached hydrogens (tertiary/aromatic N) is 2. The lowest BCUT2D eigenvalue weighted by Crippen LogP contribution is -2.43. The first-order valence-electron chi connectivity index (χ1n) is 7.22. The minimum Gasteiger partial charge on any atom is -0.396 e. The Morgan fingerprint density at radius 1 is 1.32 bits per heavy atom.